The molecule has 3 N–H and O–H groups in total. The molecule has 0 heterocycles. The molecule has 13 heteroatoms. The van der Waals surface area contributed by atoms with Crippen LogP contribution in [0.3, 0.4) is 0 Å². The first kappa shape index (κ1) is 59.3. The first-order valence-electron chi connectivity index (χ1n) is 24.6. The molecule has 0 aliphatic heterocycles. The summed E-state index contributed by atoms with van der Waals surface area (Å²) in [7, 11) is 1.30. The monoisotopic (exact) mass is 923 g/mol. The lowest BCUT2D eigenvalue weighted by Gasteiger charge is -2.24. The van der Waals surface area contributed by atoms with Crippen molar-refractivity contribution in [1.82, 2.24) is 0 Å². The number of ketones is 1. The molecule has 1 saturated carbocycles. The molecule has 1 aliphatic carbocycles. The van der Waals surface area contributed by atoms with Gasteiger partial charge in [-0.2, -0.15) is 0 Å². The van der Waals surface area contributed by atoms with Crippen molar-refractivity contribution < 1.29 is 57.1 Å². The Hall–Kier alpha value is -2.70. The van der Waals surface area contributed by atoms with Crippen LogP contribution in [-0.2, 0) is 37.5 Å². The highest BCUT2D eigenvalue weighted by molar-refractivity contribution is 7.47. The number of rotatable bonds is 40. The molecule has 0 saturated heterocycles. The molecule has 1 aliphatic rings. The normalized spacial score (nSPS) is 19.2. The maximum absolute atomic E-state index is 12.8. The molecule has 368 valence electrons. The van der Waals surface area contributed by atoms with Crippen molar-refractivity contribution in [3.05, 3.63) is 60.8 Å². The second-order valence-corrected chi connectivity index (χ2v) is 19.7. The van der Waals surface area contributed by atoms with Gasteiger partial charge in [0.1, 0.15) is 25.5 Å². The number of phosphoric ester groups is 1. The molecular formula is C51H89NO11P+. The number of aliphatic hydroxyl groups excluding tert-OH is 2. The van der Waals surface area contributed by atoms with E-state index in [1.807, 2.05) is 33.3 Å². The molecule has 0 aromatic heterocycles. The molecule has 0 amide bonds. The van der Waals surface area contributed by atoms with Crippen LogP contribution < -0.4 is 0 Å². The van der Waals surface area contributed by atoms with E-state index in [9.17, 15) is 34.1 Å². The molecular weight excluding hydrogens is 834 g/mol. The first-order chi connectivity index (χ1) is 30.7. The summed E-state index contributed by atoms with van der Waals surface area (Å²) in [5, 5.41) is 20.8. The zero-order chi connectivity index (χ0) is 47.3. The Morgan fingerprint density at radius 1 is 0.734 bits per heavy atom. The van der Waals surface area contributed by atoms with E-state index in [0.717, 1.165) is 70.6 Å². The van der Waals surface area contributed by atoms with Gasteiger partial charge < -0.3 is 29.1 Å². The van der Waals surface area contributed by atoms with Crippen molar-refractivity contribution >= 4 is 25.5 Å². The third kappa shape index (κ3) is 33.7. The number of phosphoric acid groups is 1. The smallest absolute Gasteiger partial charge is 0.462 e. The number of aliphatic hydroxyl groups is 2. The zero-order valence-corrected chi connectivity index (χ0v) is 41.4. The zero-order valence-electron chi connectivity index (χ0n) is 40.5. The van der Waals surface area contributed by atoms with Gasteiger partial charge in [0.25, 0.3) is 0 Å². The highest BCUT2D eigenvalue weighted by Gasteiger charge is 2.39. The lowest BCUT2D eigenvalue weighted by molar-refractivity contribution is -0.870. The Kier molecular flexibility index (Phi) is 34.7. The number of likely N-dealkylation sites (N-methyl/N-ethyl adjacent to an activating group) is 1. The van der Waals surface area contributed by atoms with Crippen LogP contribution in [-0.4, -0.2) is 103 Å². The predicted octanol–water partition coefficient (Wildman–Crippen LogP) is 11.0. The average Bonchev–Trinajstić information content (AvgIpc) is 3.51. The highest BCUT2D eigenvalue weighted by Crippen LogP contribution is 2.43. The molecule has 64 heavy (non-hydrogen) atoms. The number of Topliss-reactive ketones (excluding diaryl/α,β-unsaturated/α-hetero) is 1. The van der Waals surface area contributed by atoms with E-state index in [0.29, 0.717) is 43.1 Å². The third-order valence-electron chi connectivity index (χ3n) is 11.1. The van der Waals surface area contributed by atoms with Crippen molar-refractivity contribution in [3.63, 3.8) is 0 Å². The fourth-order valence-corrected chi connectivity index (χ4v) is 7.92. The molecule has 1 unspecified atom stereocenters. The Bertz CT molecular complexity index is 1440. The van der Waals surface area contributed by atoms with E-state index in [1.165, 1.54) is 32.1 Å². The summed E-state index contributed by atoms with van der Waals surface area (Å²) in [6.45, 7) is 3.97. The largest absolute Gasteiger partial charge is 0.472 e. The standard InChI is InChI=1S/C51H88NO11P/c1-6-8-10-11-12-13-14-15-16-17-18-19-20-21-22-23-24-25-26-31-35-50(56)60-42-45(43-62-64(58,59)61-40-39-52(3,4)5)63-51(57)36-32-28-27-30-34-46-47(49(55)41-48(46)54)38-37-44(53)33-29-9-7-2/h13-14,16-17,19-20,27,30,37-38,44-48,53-54H,6-12,15,18,21-26,28-29,31-36,39-43H2,1-5H3/p+1/b14-13-,17-16-,20-19-,30-27-,38-37+/t44-,45+,46+,47+,48-/m0/s1. The van der Waals surface area contributed by atoms with E-state index >= 15 is 0 Å². The predicted molar refractivity (Wildman–Crippen MR) is 257 cm³/mol. The van der Waals surface area contributed by atoms with Gasteiger partial charge in [0.05, 0.1) is 40.0 Å². The summed E-state index contributed by atoms with van der Waals surface area (Å²) >= 11 is 0. The first-order valence-corrected chi connectivity index (χ1v) is 26.1. The number of ether oxygens (including phenoxy) is 2. The molecule has 1 fully saturated rings. The highest BCUT2D eigenvalue weighted by atomic mass is 31.2. The van der Waals surface area contributed by atoms with Crippen molar-refractivity contribution in [1.29, 1.82) is 0 Å². The van der Waals surface area contributed by atoms with E-state index in [4.69, 9.17) is 18.5 Å². The van der Waals surface area contributed by atoms with Gasteiger partial charge in [-0.05, 0) is 70.6 Å². The van der Waals surface area contributed by atoms with Crippen LogP contribution >= 0.6 is 7.82 Å². The molecule has 0 bridgehead atoms. The SMILES string of the molecule is CCCCCC/C=C\C/C=C\C/C=C\CCCCCCCCC(=O)OC[C@H](COP(=O)(O)OCC[N+](C)(C)C)OC(=O)CCC/C=C\C[C@H]1[C@@H](O)CC(=O)[C@@H]1/C=C/[C@@H](O)CCCCC. The van der Waals surface area contributed by atoms with Crippen molar-refractivity contribution in [2.24, 2.45) is 11.8 Å². The molecule has 0 radical (unpaired) electrons. The van der Waals surface area contributed by atoms with Gasteiger partial charge in [0, 0.05) is 31.1 Å². The number of carbonyl (C=O) groups excluding carboxylic acids is 3. The van der Waals surface area contributed by atoms with Gasteiger partial charge >= 0.3 is 19.8 Å². The minimum absolute atomic E-state index is 0.0213. The number of esters is 2. The number of hydrogen-bond donors (Lipinski definition) is 3. The van der Waals surface area contributed by atoms with Gasteiger partial charge in [-0.3, -0.25) is 23.4 Å². The third-order valence-corrected chi connectivity index (χ3v) is 12.1. The van der Waals surface area contributed by atoms with Crippen LogP contribution in [0.15, 0.2) is 60.8 Å². The van der Waals surface area contributed by atoms with Crippen LogP contribution in [0.4, 0.5) is 0 Å². The number of hydrogen-bond acceptors (Lipinski definition) is 10. The Labute approximate surface area is 387 Å². The lowest BCUT2D eigenvalue weighted by Crippen LogP contribution is -2.37. The molecule has 0 spiro atoms. The molecule has 1 rings (SSSR count). The van der Waals surface area contributed by atoms with Crippen molar-refractivity contribution in [3.8, 4) is 0 Å². The van der Waals surface area contributed by atoms with Crippen molar-refractivity contribution in [2.45, 2.75) is 186 Å². The number of allylic oxidation sites excluding steroid dienone is 9. The van der Waals surface area contributed by atoms with E-state index in [-0.39, 0.29) is 44.2 Å². The average molecular weight is 923 g/mol. The van der Waals surface area contributed by atoms with Gasteiger partial charge in [-0.15, -0.1) is 0 Å². The number of quaternary nitrogens is 1. The van der Waals surface area contributed by atoms with Gasteiger partial charge in [0.2, 0.25) is 0 Å². The van der Waals surface area contributed by atoms with Gasteiger partial charge in [0.15, 0.2) is 6.10 Å². The van der Waals surface area contributed by atoms with Crippen molar-refractivity contribution in [2.75, 3.05) is 47.5 Å². The second kappa shape index (κ2) is 37.4. The summed E-state index contributed by atoms with van der Waals surface area (Å²) in [6.07, 6.45) is 39.2. The number of unbranched alkanes of at least 4 members (excludes halogenated alkanes) is 13. The topological polar surface area (TPSA) is 166 Å². The molecule has 6 atom stereocenters. The van der Waals surface area contributed by atoms with Crippen LogP contribution in [0.1, 0.15) is 168 Å². The summed E-state index contributed by atoms with van der Waals surface area (Å²) in [6, 6.07) is 0. The minimum Gasteiger partial charge on any atom is -0.462 e. The molecule has 12 nitrogen and oxygen atoms in total. The number of carbonyl (C=O) groups is 3. The maximum Gasteiger partial charge on any atom is 0.472 e. The maximum atomic E-state index is 12.8. The second-order valence-electron chi connectivity index (χ2n) is 18.3. The summed E-state index contributed by atoms with van der Waals surface area (Å²) < 4.78 is 34.3. The lowest BCUT2D eigenvalue weighted by atomic mass is 9.90. The minimum atomic E-state index is -4.46. The van der Waals surface area contributed by atoms with Gasteiger partial charge in [-0.25, -0.2) is 4.57 Å². The van der Waals surface area contributed by atoms with Gasteiger partial charge in [-0.1, -0.05) is 139 Å². The summed E-state index contributed by atoms with van der Waals surface area (Å²) in [4.78, 5) is 48.2. The van der Waals surface area contributed by atoms with E-state index < -0.39 is 50.6 Å². The number of nitrogens with zero attached hydrogens (tertiary/aromatic N) is 1. The Balaban J connectivity index is 2.46. The molecule has 0 aromatic rings. The van der Waals surface area contributed by atoms with Crippen LogP contribution in [0.2, 0.25) is 0 Å². The molecule has 0 aromatic carbocycles. The fraction of sp³-hybridized carbons (Fsp3) is 0.745. The quantitative estimate of drug-likeness (QED) is 0.0176. The Morgan fingerprint density at radius 2 is 1.30 bits per heavy atom. The van der Waals surface area contributed by atoms with E-state index in [2.05, 4.69) is 50.3 Å². The summed E-state index contributed by atoms with van der Waals surface area (Å²) in [5.41, 5.74) is 0. The van der Waals surface area contributed by atoms with Crippen LogP contribution in [0, 0.1) is 11.8 Å². The fourth-order valence-electron chi connectivity index (χ4n) is 7.18. The van der Waals surface area contributed by atoms with Crippen LogP contribution in [0.5, 0.6) is 0 Å². The Morgan fingerprint density at radius 3 is 1.95 bits per heavy atom. The van der Waals surface area contributed by atoms with Crippen LogP contribution in [0.25, 0.3) is 0 Å². The van der Waals surface area contributed by atoms with E-state index in [1.54, 1.807) is 12.2 Å². The summed E-state index contributed by atoms with van der Waals surface area (Å²) in [5.74, 6) is -1.77.